The summed E-state index contributed by atoms with van der Waals surface area (Å²) < 4.78 is 10.3. The molecule has 1 aliphatic rings. The van der Waals surface area contributed by atoms with E-state index in [0.717, 1.165) is 0 Å². The summed E-state index contributed by atoms with van der Waals surface area (Å²) in [7, 11) is 2.85. The van der Waals surface area contributed by atoms with Crippen LogP contribution in [0.2, 0.25) is 0 Å². The number of nitro groups is 1. The van der Waals surface area contributed by atoms with Gasteiger partial charge in [0.15, 0.2) is 0 Å². The van der Waals surface area contributed by atoms with Crippen molar-refractivity contribution in [3.8, 4) is 5.75 Å². The van der Waals surface area contributed by atoms with Gasteiger partial charge in [-0.3, -0.25) is 20.2 Å². The van der Waals surface area contributed by atoms with E-state index in [1.165, 1.54) is 7.11 Å². The van der Waals surface area contributed by atoms with Gasteiger partial charge in [-0.05, 0) is 28.8 Å². The number of benzene rings is 3. The first-order valence-electron chi connectivity index (χ1n) is 10.3. The molecule has 0 spiro atoms. The number of hydrogen-bond donors (Lipinski definition) is 1. The highest BCUT2D eigenvalue weighted by Gasteiger charge is 2.64. The lowest BCUT2D eigenvalue weighted by atomic mass is 9.74. The second-order valence-electron chi connectivity index (χ2n) is 7.71. The molecule has 7 nitrogen and oxygen atoms in total. The Hall–Kier alpha value is -3.71. The molecule has 1 fully saturated rings. The van der Waals surface area contributed by atoms with Gasteiger partial charge in [0.05, 0.1) is 20.1 Å². The predicted molar refractivity (Wildman–Crippen MR) is 119 cm³/mol. The summed E-state index contributed by atoms with van der Waals surface area (Å²) in [5.41, 5.74) is 0.829. The van der Waals surface area contributed by atoms with Crippen LogP contribution in [0.3, 0.4) is 0 Å². The van der Waals surface area contributed by atoms with E-state index < -0.39 is 29.5 Å². The van der Waals surface area contributed by atoms with Gasteiger partial charge in [0.25, 0.3) is 0 Å². The van der Waals surface area contributed by atoms with E-state index >= 15 is 0 Å². The maximum absolute atomic E-state index is 12.9. The summed E-state index contributed by atoms with van der Waals surface area (Å²) in [5, 5.41) is 16.1. The largest absolute Gasteiger partial charge is 0.497 e. The van der Waals surface area contributed by atoms with Crippen molar-refractivity contribution in [2.24, 2.45) is 0 Å². The van der Waals surface area contributed by atoms with Crippen LogP contribution in [0, 0.1) is 10.1 Å². The minimum atomic E-state index is -1.24. The standard InChI is InChI=1S/C25H24N2O5/c1-31-20-15-13-17(14-16-20)21-22(24(28)32-2)26-25(23(21)27(29)30,18-9-5-3-6-10-18)19-11-7-4-8-12-19/h3-16,21-23,26H,1-2H3/t21-,22+,23+/m1/s1. The van der Waals surface area contributed by atoms with E-state index in [1.54, 1.807) is 31.4 Å². The van der Waals surface area contributed by atoms with Crippen LogP contribution in [0.5, 0.6) is 5.75 Å². The normalized spacial score (nSPS) is 21.6. The van der Waals surface area contributed by atoms with Crippen molar-refractivity contribution >= 4 is 5.97 Å². The number of carbonyl (C=O) groups excluding carboxylic acids is 1. The summed E-state index contributed by atoms with van der Waals surface area (Å²) >= 11 is 0. The fourth-order valence-corrected chi connectivity index (χ4v) is 4.77. The molecule has 0 aliphatic carbocycles. The van der Waals surface area contributed by atoms with Crippen molar-refractivity contribution in [2.75, 3.05) is 14.2 Å². The lowest BCUT2D eigenvalue weighted by molar-refractivity contribution is -0.533. The molecule has 0 radical (unpaired) electrons. The molecule has 3 aromatic rings. The zero-order valence-electron chi connectivity index (χ0n) is 17.8. The fraction of sp³-hybridized carbons (Fsp3) is 0.240. The molecule has 0 unspecified atom stereocenters. The Morgan fingerprint density at radius 2 is 1.44 bits per heavy atom. The van der Waals surface area contributed by atoms with Crippen LogP contribution >= 0.6 is 0 Å². The molecular formula is C25H24N2O5. The lowest BCUT2D eigenvalue weighted by Crippen LogP contribution is -2.51. The number of rotatable bonds is 6. The van der Waals surface area contributed by atoms with Crippen molar-refractivity contribution in [3.63, 3.8) is 0 Å². The molecule has 164 valence electrons. The number of carbonyl (C=O) groups is 1. The molecular weight excluding hydrogens is 408 g/mol. The third kappa shape index (κ3) is 3.50. The van der Waals surface area contributed by atoms with E-state index in [9.17, 15) is 14.9 Å². The van der Waals surface area contributed by atoms with Gasteiger partial charge in [0.2, 0.25) is 6.04 Å². The maximum Gasteiger partial charge on any atom is 0.323 e. The van der Waals surface area contributed by atoms with Crippen molar-refractivity contribution in [1.82, 2.24) is 5.32 Å². The summed E-state index contributed by atoms with van der Waals surface area (Å²) in [6.07, 6.45) is 0. The zero-order valence-corrected chi connectivity index (χ0v) is 17.8. The third-order valence-corrected chi connectivity index (χ3v) is 6.17. The second-order valence-corrected chi connectivity index (χ2v) is 7.71. The molecule has 3 aromatic carbocycles. The van der Waals surface area contributed by atoms with Gasteiger partial charge >= 0.3 is 5.97 Å². The van der Waals surface area contributed by atoms with Gasteiger partial charge in [-0.1, -0.05) is 72.8 Å². The van der Waals surface area contributed by atoms with E-state index in [1.807, 2.05) is 60.7 Å². The average Bonchev–Trinajstić information content (AvgIpc) is 3.22. The van der Waals surface area contributed by atoms with Crippen LogP contribution in [0.1, 0.15) is 22.6 Å². The van der Waals surface area contributed by atoms with Gasteiger partial charge in [-0.2, -0.15) is 0 Å². The minimum Gasteiger partial charge on any atom is -0.497 e. The van der Waals surface area contributed by atoms with E-state index in [-0.39, 0.29) is 4.92 Å². The van der Waals surface area contributed by atoms with Gasteiger partial charge in [0.1, 0.15) is 17.3 Å². The van der Waals surface area contributed by atoms with Crippen molar-refractivity contribution in [2.45, 2.75) is 23.5 Å². The Balaban J connectivity index is 1.99. The van der Waals surface area contributed by atoms with Crippen LogP contribution in [-0.2, 0) is 15.1 Å². The lowest BCUT2D eigenvalue weighted by Gasteiger charge is -2.33. The van der Waals surface area contributed by atoms with Gasteiger partial charge in [-0.25, -0.2) is 0 Å². The van der Waals surface area contributed by atoms with E-state index in [0.29, 0.717) is 22.4 Å². The van der Waals surface area contributed by atoms with Crippen LogP contribution in [0.15, 0.2) is 84.9 Å². The molecule has 32 heavy (non-hydrogen) atoms. The Bertz CT molecular complexity index is 1050. The number of nitrogens with one attached hydrogen (secondary N) is 1. The molecule has 0 aromatic heterocycles. The number of nitrogens with zero attached hydrogens (tertiary/aromatic N) is 1. The smallest absolute Gasteiger partial charge is 0.323 e. The van der Waals surface area contributed by atoms with Gasteiger partial charge in [-0.15, -0.1) is 0 Å². The van der Waals surface area contributed by atoms with E-state index in [2.05, 4.69) is 5.32 Å². The molecule has 0 bridgehead atoms. The number of ether oxygens (including phenoxy) is 2. The Kier molecular flexibility index (Phi) is 5.92. The highest BCUT2D eigenvalue weighted by Crippen LogP contribution is 2.48. The second kappa shape index (κ2) is 8.80. The predicted octanol–water partition coefficient (Wildman–Crippen LogP) is 3.51. The highest BCUT2D eigenvalue weighted by atomic mass is 16.6. The van der Waals surface area contributed by atoms with Crippen molar-refractivity contribution in [3.05, 3.63) is 112 Å². The van der Waals surface area contributed by atoms with Crippen LogP contribution in [0.25, 0.3) is 0 Å². The van der Waals surface area contributed by atoms with Crippen LogP contribution in [-0.4, -0.2) is 37.2 Å². The SMILES string of the molecule is COC(=O)[C@H]1NC(c2ccccc2)(c2ccccc2)[C@@H]([N+](=O)[O-])[C@@H]1c1ccc(OC)cc1. The molecule has 4 rings (SSSR count). The molecule has 0 amide bonds. The van der Waals surface area contributed by atoms with Crippen LogP contribution < -0.4 is 10.1 Å². The average molecular weight is 432 g/mol. The summed E-state index contributed by atoms with van der Waals surface area (Å²) in [6, 6.07) is 23.4. The molecule has 1 saturated heterocycles. The first-order valence-corrected chi connectivity index (χ1v) is 10.3. The Morgan fingerprint density at radius 1 is 0.906 bits per heavy atom. The molecule has 1 N–H and O–H groups in total. The maximum atomic E-state index is 12.9. The van der Waals surface area contributed by atoms with Crippen molar-refractivity contribution in [1.29, 1.82) is 0 Å². The molecule has 3 atom stereocenters. The van der Waals surface area contributed by atoms with Crippen LogP contribution in [0.4, 0.5) is 0 Å². The van der Waals surface area contributed by atoms with Gasteiger partial charge < -0.3 is 9.47 Å². The Morgan fingerprint density at radius 3 is 1.88 bits per heavy atom. The third-order valence-electron chi connectivity index (χ3n) is 6.17. The topological polar surface area (TPSA) is 90.7 Å². The molecule has 0 saturated carbocycles. The first kappa shape index (κ1) is 21.5. The number of hydrogen-bond acceptors (Lipinski definition) is 6. The Labute approximate surface area is 186 Å². The summed E-state index contributed by atoms with van der Waals surface area (Å²) in [4.78, 5) is 25.3. The first-order chi connectivity index (χ1) is 15.5. The monoisotopic (exact) mass is 432 g/mol. The van der Waals surface area contributed by atoms with Crippen molar-refractivity contribution < 1.29 is 19.2 Å². The van der Waals surface area contributed by atoms with Gasteiger partial charge in [0, 0.05) is 4.92 Å². The highest BCUT2D eigenvalue weighted by molar-refractivity contribution is 5.79. The quantitative estimate of drug-likeness (QED) is 0.364. The minimum absolute atomic E-state index is 0.287. The van der Waals surface area contributed by atoms with E-state index in [4.69, 9.17) is 9.47 Å². The summed E-state index contributed by atoms with van der Waals surface area (Å²) in [6.45, 7) is 0. The molecule has 1 heterocycles. The fourth-order valence-electron chi connectivity index (χ4n) is 4.77. The summed E-state index contributed by atoms with van der Waals surface area (Å²) in [5.74, 6) is -0.695. The molecule has 1 aliphatic heterocycles. The molecule has 7 heteroatoms. The number of esters is 1. The number of methoxy groups -OCH3 is 2. The zero-order chi connectivity index (χ0) is 22.7.